The molecule has 0 amide bonds. The van der Waals surface area contributed by atoms with Gasteiger partial charge in [-0.25, -0.2) is 0 Å². The molecule has 116 valence electrons. The van der Waals surface area contributed by atoms with Crippen LogP contribution in [0, 0.1) is 11.8 Å². The van der Waals surface area contributed by atoms with Crippen molar-refractivity contribution >= 4 is 11.6 Å². The van der Waals surface area contributed by atoms with Gasteiger partial charge in [0.25, 0.3) is 0 Å². The third kappa shape index (κ3) is 4.23. The summed E-state index contributed by atoms with van der Waals surface area (Å²) in [6.45, 7) is 2.31. The molecule has 1 atom stereocenters. The van der Waals surface area contributed by atoms with Crippen LogP contribution < -0.4 is 5.32 Å². The van der Waals surface area contributed by atoms with E-state index in [-0.39, 0.29) is 0 Å². The molecule has 2 aliphatic rings. The summed E-state index contributed by atoms with van der Waals surface area (Å²) in [6.07, 6.45) is 11.1. The fraction of sp³-hybridized carbons (Fsp3) is 0.684. The van der Waals surface area contributed by atoms with Crippen molar-refractivity contribution in [1.82, 2.24) is 5.32 Å². The van der Waals surface area contributed by atoms with Crippen LogP contribution in [0.2, 0.25) is 5.02 Å². The van der Waals surface area contributed by atoms with Gasteiger partial charge in [0.05, 0.1) is 0 Å². The Hall–Kier alpha value is -0.530. The second-order valence-electron chi connectivity index (χ2n) is 7.04. The predicted molar refractivity (Wildman–Crippen MR) is 90.7 cm³/mol. The smallest absolute Gasteiger partial charge is 0.0406 e. The quantitative estimate of drug-likeness (QED) is 0.706. The molecule has 1 aromatic carbocycles. The Labute approximate surface area is 134 Å². The van der Waals surface area contributed by atoms with Crippen molar-refractivity contribution in [2.45, 2.75) is 70.4 Å². The van der Waals surface area contributed by atoms with Gasteiger partial charge in [-0.1, -0.05) is 43.5 Å². The number of hydrogen-bond acceptors (Lipinski definition) is 1. The van der Waals surface area contributed by atoms with E-state index in [0.29, 0.717) is 6.04 Å². The zero-order valence-corrected chi connectivity index (χ0v) is 13.9. The molecule has 0 bridgehead atoms. The molecule has 2 saturated carbocycles. The second kappa shape index (κ2) is 7.15. The summed E-state index contributed by atoms with van der Waals surface area (Å²) in [4.78, 5) is 0. The van der Waals surface area contributed by atoms with Crippen LogP contribution in [-0.2, 0) is 0 Å². The first-order valence-electron chi connectivity index (χ1n) is 8.77. The summed E-state index contributed by atoms with van der Waals surface area (Å²) >= 11 is 6.03. The standard InChI is InChI=1S/C19H28ClN/c1-2-3-14-4-12-18(13-5-14)21-19(15-6-7-15)16-8-10-17(20)11-9-16/h8-11,14-15,18-19,21H,2-7,12-13H2,1H3. The Kier molecular flexibility index (Phi) is 5.24. The molecule has 21 heavy (non-hydrogen) atoms. The van der Waals surface area contributed by atoms with Gasteiger partial charge in [-0.05, 0) is 68.1 Å². The molecule has 1 unspecified atom stereocenters. The third-order valence-corrected chi connectivity index (χ3v) is 5.53. The lowest BCUT2D eigenvalue weighted by molar-refractivity contribution is 0.256. The lowest BCUT2D eigenvalue weighted by atomic mass is 9.83. The van der Waals surface area contributed by atoms with Gasteiger partial charge in [-0.15, -0.1) is 0 Å². The minimum atomic E-state index is 0.551. The Morgan fingerprint density at radius 1 is 1.05 bits per heavy atom. The predicted octanol–water partition coefficient (Wildman–Crippen LogP) is 5.74. The molecule has 2 fully saturated rings. The maximum atomic E-state index is 6.03. The van der Waals surface area contributed by atoms with Gasteiger partial charge < -0.3 is 5.32 Å². The molecular formula is C19H28ClN. The fourth-order valence-corrected chi connectivity index (χ4v) is 4.01. The zero-order chi connectivity index (χ0) is 14.7. The Balaban J connectivity index is 1.58. The van der Waals surface area contributed by atoms with Crippen LogP contribution in [-0.4, -0.2) is 6.04 Å². The molecule has 0 spiro atoms. The van der Waals surface area contributed by atoms with Crippen molar-refractivity contribution in [3.63, 3.8) is 0 Å². The van der Waals surface area contributed by atoms with E-state index in [9.17, 15) is 0 Å². The molecule has 2 aliphatic carbocycles. The van der Waals surface area contributed by atoms with Gasteiger partial charge in [0.2, 0.25) is 0 Å². The molecule has 1 aromatic rings. The van der Waals surface area contributed by atoms with E-state index in [1.165, 1.54) is 56.9 Å². The average molecular weight is 306 g/mol. The fourth-order valence-electron chi connectivity index (χ4n) is 3.88. The Bertz CT molecular complexity index is 429. The molecule has 0 aliphatic heterocycles. The second-order valence-corrected chi connectivity index (χ2v) is 7.48. The first-order chi connectivity index (χ1) is 10.3. The summed E-state index contributed by atoms with van der Waals surface area (Å²) in [7, 11) is 0. The zero-order valence-electron chi connectivity index (χ0n) is 13.2. The molecule has 0 saturated heterocycles. The maximum Gasteiger partial charge on any atom is 0.0406 e. The maximum absolute atomic E-state index is 6.03. The molecule has 0 heterocycles. The van der Waals surface area contributed by atoms with E-state index >= 15 is 0 Å². The highest BCUT2D eigenvalue weighted by atomic mass is 35.5. The number of hydrogen-bond donors (Lipinski definition) is 1. The van der Waals surface area contributed by atoms with Crippen LogP contribution in [0.3, 0.4) is 0 Å². The van der Waals surface area contributed by atoms with Crippen LogP contribution in [0.4, 0.5) is 0 Å². The highest BCUT2D eigenvalue weighted by molar-refractivity contribution is 6.30. The van der Waals surface area contributed by atoms with Crippen molar-refractivity contribution in [1.29, 1.82) is 0 Å². The SMILES string of the molecule is CCCC1CCC(NC(c2ccc(Cl)cc2)C2CC2)CC1. The van der Waals surface area contributed by atoms with E-state index in [2.05, 4.69) is 24.4 Å². The minimum Gasteiger partial charge on any atom is -0.307 e. The molecule has 3 rings (SSSR count). The Morgan fingerprint density at radius 2 is 1.71 bits per heavy atom. The van der Waals surface area contributed by atoms with Crippen molar-refractivity contribution in [3.05, 3.63) is 34.9 Å². The van der Waals surface area contributed by atoms with Crippen LogP contribution >= 0.6 is 11.6 Å². The van der Waals surface area contributed by atoms with Gasteiger partial charge in [0, 0.05) is 17.1 Å². The van der Waals surface area contributed by atoms with Crippen molar-refractivity contribution in [3.8, 4) is 0 Å². The van der Waals surface area contributed by atoms with E-state index in [0.717, 1.165) is 22.9 Å². The van der Waals surface area contributed by atoms with Gasteiger partial charge in [0.15, 0.2) is 0 Å². The molecule has 2 heteroatoms. The van der Waals surface area contributed by atoms with Gasteiger partial charge in [-0.2, -0.15) is 0 Å². The van der Waals surface area contributed by atoms with Crippen molar-refractivity contribution in [2.75, 3.05) is 0 Å². The van der Waals surface area contributed by atoms with E-state index < -0.39 is 0 Å². The first kappa shape index (κ1) is 15.4. The van der Waals surface area contributed by atoms with Gasteiger partial charge in [-0.3, -0.25) is 0 Å². The Morgan fingerprint density at radius 3 is 2.29 bits per heavy atom. The molecular weight excluding hydrogens is 278 g/mol. The third-order valence-electron chi connectivity index (χ3n) is 5.28. The lowest BCUT2D eigenvalue weighted by Gasteiger charge is -2.32. The van der Waals surface area contributed by atoms with Crippen LogP contribution in [0.1, 0.15) is 69.9 Å². The largest absolute Gasteiger partial charge is 0.307 e. The summed E-state index contributed by atoms with van der Waals surface area (Å²) in [5.41, 5.74) is 1.43. The number of halogens is 1. The number of benzene rings is 1. The summed E-state index contributed by atoms with van der Waals surface area (Å²) in [5, 5.41) is 4.81. The minimum absolute atomic E-state index is 0.551. The highest BCUT2D eigenvalue weighted by Crippen LogP contribution is 2.42. The summed E-state index contributed by atoms with van der Waals surface area (Å²) < 4.78 is 0. The molecule has 1 nitrogen and oxygen atoms in total. The number of nitrogens with one attached hydrogen (secondary N) is 1. The van der Waals surface area contributed by atoms with E-state index in [1.54, 1.807) is 0 Å². The van der Waals surface area contributed by atoms with Gasteiger partial charge >= 0.3 is 0 Å². The van der Waals surface area contributed by atoms with Crippen molar-refractivity contribution in [2.24, 2.45) is 11.8 Å². The number of rotatable bonds is 6. The van der Waals surface area contributed by atoms with Crippen molar-refractivity contribution < 1.29 is 0 Å². The van der Waals surface area contributed by atoms with Crippen LogP contribution in [0.25, 0.3) is 0 Å². The van der Waals surface area contributed by atoms with Crippen LogP contribution in [0.5, 0.6) is 0 Å². The summed E-state index contributed by atoms with van der Waals surface area (Å²) in [6, 6.07) is 9.76. The first-order valence-corrected chi connectivity index (χ1v) is 9.15. The lowest BCUT2D eigenvalue weighted by Crippen LogP contribution is -2.37. The topological polar surface area (TPSA) is 12.0 Å². The summed E-state index contributed by atoms with van der Waals surface area (Å²) in [5.74, 6) is 1.84. The van der Waals surface area contributed by atoms with Crippen LogP contribution in [0.15, 0.2) is 24.3 Å². The monoisotopic (exact) mass is 305 g/mol. The van der Waals surface area contributed by atoms with Gasteiger partial charge in [0.1, 0.15) is 0 Å². The molecule has 0 aromatic heterocycles. The van der Waals surface area contributed by atoms with E-state index in [4.69, 9.17) is 11.6 Å². The highest BCUT2D eigenvalue weighted by Gasteiger charge is 2.34. The van der Waals surface area contributed by atoms with E-state index in [1.807, 2.05) is 12.1 Å². The molecule has 0 radical (unpaired) electrons. The normalized spacial score (nSPS) is 27.5. The molecule has 1 N–H and O–H groups in total. The average Bonchev–Trinajstić information content (AvgIpc) is 3.33.